The summed E-state index contributed by atoms with van der Waals surface area (Å²) in [6, 6.07) is 10.7. The van der Waals surface area contributed by atoms with Crippen molar-refractivity contribution in [3.63, 3.8) is 0 Å². The second kappa shape index (κ2) is 5.14. The maximum atomic E-state index is 10.5. The number of nitroso groups, excluding NO2 is 1. The smallest absolute Gasteiger partial charge is 0.131 e. The Balaban J connectivity index is 2.52. The molecule has 0 N–H and O–H groups in total. The van der Waals surface area contributed by atoms with Crippen LogP contribution in [0.15, 0.2) is 41.6 Å². The third kappa shape index (κ3) is 2.65. The van der Waals surface area contributed by atoms with Gasteiger partial charge in [0.1, 0.15) is 10.8 Å². The molecular weight excluding hydrogens is 250 g/mol. The lowest BCUT2D eigenvalue weighted by Gasteiger charge is -2.14. The summed E-state index contributed by atoms with van der Waals surface area (Å²) in [5.41, 5.74) is 2.87. The van der Waals surface area contributed by atoms with Crippen LogP contribution in [0, 0.1) is 4.91 Å². The fourth-order valence-corrected chi connectivity index (χ4v) is 1.81. The summed E-state index contributed by atoms with van der Waals surface area (Å²) in [5.74, 6) is 0. The molecule has 2 rings (SSSR count). The zero-order chi connectivity index (χ0) is 13.1. The van der Waals surface area contributed by atoms with Gasteiger partial charge < -0.3 is 4.90 Å². The molecule has 2 aromatic rings. The van der Waals surface area contributed by atoms with Gasteiger partial charge in [-0.2, -0.15) is 0 Å². The van der Waals surface area contributed by atoms with E-state index in [9.17, 15) is 4.91 Å². The maximum Gasteiger partial charge on any atom is 0.131 e. The Kier molecular flexibility index (Phi) is 3.58. The van der Waals surface area contributed by atoms with Gasteiger partial charge in [0.15, 0.2) is 0 Å². The molecule has 0 aliphatic heterocycles. The minimum atomic E-state index is 0.376. The van der Waals surface area contributed by atoms with Crippen molar-refractivity contribution in [3.8, 4) is 11.3 Å². The molecule has 0 radical (unpaired) electrons. The SMILES string of the molecule is CN(C)c1cc(Cl)nc(-c2cccc(N=O)c2)c1. The highest BCUT2D eigenvalue weighted by Crippen LogP contribution is 2.27. The monoisotopic (exact) mass is 261 g/mol. The Morgan fingerprint density at radius 3 is 2.67 bits per heavy atom. The van der Waals surface area contributed by atoms with Crippen molar-refractivity contribution in [2.24, 2.45) is 5.18 Å². The number of benzene rings is 1. The summed E-state index contributed by atoms with van der Waals surface area (Å²) in [6.45, 7) is 0. The molecule has 0 saturated carbocycles. The molecule has 92 valence electrons. The first-order chi connectivity index (χ1) is 8.60. The molecule has 0 atom stereocenters. The van der Waals surface area contributed by atoms with E-state index in [4.69, 9.17) is 11.6 Å². The van der Waals surface area contributed by atoms with E-state index in [2.05, 4.69) is 10.2 Å². The number of anilines is 1. The predicted octanol–water partition coefficient (Wildman–Crippen LogP) is 3.87. The first kappa shape index (κ1) is 12.5. The molecule has 18 heavy (non-hydrogen) atoms. The van der Waals surface area contributed by atoms with Gasteiger partial charge in [-0.3, -0.25) is 0 Å². The molecule has 1 heterocycles. The lowest BCUT2D eigenvalue weighted by molar-refractivity contribution is 1.12. The minimum absolute atomic E-state index is 0.376. The highest BCUT2D eigenvalue weighted by atomic mass is 35.5. The summed E-state index contributed by atoms with van der Waals surface area (Å²) in [7, 11) is 3.86. The normalized spacial score (nSPS) is 10.2. The molecule has 1 aromatic carbocycles. The van der Waals surface area contributed by atoms with Gasteiger partial charge in [-0.25, -0.2) is 4.98 Å². The van der Waals surface area contributed by atoms with Crippen molar-refractivity contribution in [1.82, 2.24) is 4.98 Å². The first-order valence-electron chi connectivity index (χ1n) is 5.39. The van der Waals surface area contributed by atoms with Crippen molar-refractivity contribution in [1.29, 1.82) is 0 Å². The van der Waals surface area contributed by atoms with Gasteiger partial charge in [0.05, 0.1) is 5.69 Å². The van der Waals surface area contributed by atoms with E-state index in [1.54, 1.807) is 24.3 Å². The average Bonchev–Trinajstić information content (AvgIpc) is 2.38. The van der Waals surface area contributed by atoms with Crippen LogP contribution in [0.2, 0.25) is 5.15 Å². The van der Waals surface area contributed by atoms with Crippen LogP contribution < -0.4 is 4.90 Å². The number of halogens is 1. The molecule has 0 saturated heterocycles. The number of hydrogen-bond acceptors (Lipinski definition) is 4. The van der Waals surface area contributed by atoms with E-state index >= 15 is 0 Å². The molecule has 0 aliphatic carbocycles. The van der Waals surface area contributed by atoms with E-state index in [0.717, 1.165) is 16.9 Å². The Labute approximate surface area is 110 Å². The van der Waals surface area contributed by atoms with Crippen LogP contribution in [0.3, 0.4) is 0 Å². The minimum Gasteiger partial charge on any atom is -0.378 e. The fourth-order valence-electron chi connectivity index (χ4n) is 1.61. The molecular formula is C13H12ClN3O. The van der Waals surface area contributed by atoms with Gasteiger partial charge in [-0.05, 0) is 29.4 Å². The molecule has 1 aromatic heterocycles. The van der Waals surface area contributed by atoms with Crippen molar-refractivity contribution < 1.29 is 0 Å². The van der Waals surface area contributed by atoms with Crippen LogP contribution in [0.25, 0.3) is 11.3 Å². The molecule has 0 fully saturated rings. The second-order valence-corrected chi connectivity index (χ2v) is 4.46. The van der Waals surface area contributed by atoms with Crippen LogP contribution in [0.1, 0.15) is 0 Å². The Bertz CT molecular complexity index is 584. The van der Waals surface area contributed by atoms with Crippen molar-refractivity contribution in [2.75, 3.05) is 19.0 Å². The van der Waals surface area contributed by atoms with E-state index in [1.165, 1.54) is 0 Å². The van der Waals surface area contributed by atoms with Crippen molar-refractivity contribution in [3.05, 3.63) is 46.5 Å². The number of rotatable bonds is 3. The van der Waals surface area contributed by atoms with Crippen LogP contribution in [-0.4, -0.2) is 19.1 Å². The number of aromatic nitrogens is 1. The summed E-state index contributed by atoms with van der Waals surface area (Å²) < 4.78 is 0. The molecule has 0 aliphatic rings. The maximum absolute atomic E-state index is 10.5. The highest BCUT2D eigenvalue weighted by Gasteiger charge is 2.06. The summed E-state index contributed by atoms with van der Waals surface area (Å²) in [6.07, 6.45) is 0. The lowest BCUT2D eigenvalue weighted by atomic mass is 10.1. The van der Waals surface area contributed by atoms with Crippen LogP contribution >= 0.6 is 11.6 Å². The predicted molar refractivity (Wildman–Crippen MR) is 74.5 cm³/mol. The summed E-state index contributed by atoms with van der Waals surface area (Å²) in [4.78, 5) is 16.7. The van der Waals surface area contributed by atoms with E-state index in [1.807, 2.05) is 31.1 Å². The zero-order valence-electron chi connectivity index (χ0n) is 10.1. The fraction of sp³-hybridized carbons (Fsp3) is 0.154. The quantitative estimate of drug-likeness (QED) is 0.622. The van der Waals surface area contributed by atoms with Crippen LogP contribution in [0.5, 0.6) is 0 Å². The molecule has 0 unspecified atom stereocenters. The first-order valence-corrected chi connectivity index (χ1v) is 5.76. The number of nitrogens with zero attached hydrogens (tertiary/aromatic N) is 3. The second-order valence-electron chi connectivity index (χ2n) is 4.07. The lowest BCUT2D eigenvalue weighted by Crippen LogP contribution is -2.08. The van der Waals surface area contributed by atoms with Gasteiger partial charge in [0, 0.05) is 25.3 Å². The summed E-state index contributed by atoms with van der Waals surface area (Å²) >= 11 is 5.99. The molecule has 0 spiro atoms. The van der Waals surface area contributed by atoms with Gasteiger partial charge in [-0.15, -0.1) is 4.91 Å². The molecule has 0 amide bonds. The van der Waals surface area contributed by atoms with Crippen molar-refractivity contribution in [2.45, 2.75) is 0 Å². The van der Waals surface area contributed by atoms with Crippen LogP contribution in [0.4, 0.5) is 11.4 Å². The summed E-state index contributed by atoms with van der Waals surface area (Å²) in [5, 5.41) is 3.33. The Morgan fingerprint density at radius 2 is 2.00 bits per heavy atom. The van der Waals surface area contributed by atoms with Gasteiger partial charge in [0.25, 0.3) is 0 Å². The average molecular weight is 262 g/mol. The topological polar surface area (TPSA) is 45.6 Å². The van der Waals surface area contributed by atoms with Gasteiger partial charge in [0.2, 0.25) is 0 Å². The van der Waals surface area contributed by atoms with E-state index in [0.29, 0.717) is 10.8 Å². The Morgan fingerprint density at radius 1 is 1.22 bits per heavy atom. The Hall–Kier alpha value is -1.94. The standard InChI is InChI=1S/C13H12ClN3O/c1-17(2)11-7-12(15-13(14)8-11)9-4-3-5-10(6-9)16-18/h3-8H,1-2H3. The third-order valence-electron chi connectivity index (χ3n) is 2.54. The zero-order valence-corrected chi connectivity index (χ0v) is 10.8. The van der Waals surface area contributed by atoms with E-state index in [-0.39, 0.29) is 0 Å². The number of hydrogen-bond donors (Lipinski definition) is 0. The molecule has 4 nitrogen and oxygen atoms in total. The highest BCUT2D eigenvalue weighted by molar-refractivity contribution is 6.29. The largest absolute Gasteiger partial charge is 0.378 e. The van der Waals surface area contributed by atoms with E-state index < -0.39 is 0 Å². The molecule has 0 bridgehead atoms. The third-order valence-corrected chi connectivity index (χ3v) is 2.74. The molecule has 5 heteroatoms. The van der Waals surface area contributed by atoms with Crippen molar-refractivity contribution >= 4 is 23.0 Å². The van der Waals surface area contributed by atoms with Gasteiger partial charge in [-0.1, -0.05) is 23.7 Å². The number of pyridine rings is 1. The van der Waals surface area contributed by atoms with Crippen LogP contribution in [-0.2, 0) is 0 Å². The van der Waals surface area contributed by atoms with Gasteiger partial charge >= 0.3 is 0 Å².